The molecule has 0 saturated carbocycles. The number of hydrogen-bond donors (Lipinski definition) is 3. The molecule has 2 amide bonds. The quantitative estimate of drug-likeness (QED) is 0.282. The molecule has 0 aliphatic carbocycles. The highest BCUT2D eigenvalue weighted by Crippen LogP contribution is 2.23. The van der Waals surface area contributed by atoms with Gasteiger partial charge in [-0.15, -0.1) is 0 Å². The van der Waals surface area contributed by atoms with Crippen LogP contribution in [0.25, 0.3) is 0 Å². The van der Waals surface area contributed by atoms with Crippen LogP contribution in [-0.2, 0) is 16.0 Å². The highest BCUT2D eigenvalue weighted by molar-refractivity contribution is 9.10. The summed E-state index contributed by atoms with van der Waals surface area (Å²) >= 11 is 8.43. The van der Waals surface area contributed by atoms with E-state index in [2.05, 4.69) is 32.1 Å². The lowest BCUT2D eigenvalue weighted by Crippen LogP contribution is -2.48. The van der Waals surface area contributed by atoms with Crippen LogP contribution in [0.1, 0.15) is 29.3 Å². The molecule has 0 bridgehead atoms. The van der Waals surface area contributed by atoms with Gasteiger partial charge in [-0.25, -0.2) is 0 Å². The van der Waals surface area contributed by atoms with E-state index < -0.39 is 5.91 Å². The van der Waals surface area contributed by atoms with E-state index in [1.165, 1.54) is 0 Å². The maximum Gasteiger partial charge on any atom is 0.261 e. The summed E-state index contributed by atoms with van der Waals surface area (Å²) < 4.78 is 11.7. The van der Waals surface area contributed by atoms with E-state index in [0.29, 0.717) is 37.6 Å². The van der Waals surface area contributed by atoms with E-state index in [0.717, 1.165) is 10.0 Å². The van der Waals surface area contributed by atoms with Gasteiger partial charge in [-0.3, -0.25) is 25.8 Å². The van der Waals surface area contributed by atoms with Crippen molar-refractivity contribution in [3.8, 4) is 5.75 Å². The minimum atomic E-state index is -0.452. The van der Waals surface area contributed by atoms with Gasteiger partial charge in [0, 0.05) is 17.5 Å². The van der Waals surface area contributed by atoms with Crippen LogP contribution >= 0.6 is 28.1 Å². The molecule has 0 heterocycles. The predicted molar refractivity (Wildman–Crippen MR) is 122 cm³/mol. The summed E-state index contributed by atoms with van der Waals surface area (Å²) in [6, 6.07) is 15.1. The zero-order chi connectivity index (χ0) is 21.8. The first-order chi connectivity index (χ1) is 14.5. The summed E-state index contributed by atoms with van der Waals surface area (Å²) in [7, 11) is 0. The number of halogens is 1. The van der Waals surface area contributed by atoms with Crippen molar-refractivity contribution in [2.45, 2.75) is 19.8 Å². The third-order valence-corrected chi connectivity index (χ3v) is 4.59. The van der Waals surface area contributed by atoms with Crippen LogP contribution < -0.4 is 20.9 Å². The largest absolute Gasteiger partial charge is 0.492 e. The third-order valence-electron chi connectivity index (χ3n) is 3.90. The summed E-state index contributed by atoms with van der Waals surface area (Å²) in [6.45, 7) is 3.12. The molecule has 0 saturated heterocycles. The van der Waals surface area contributed by atoms with Crippen molar-refractivity contribution in [2.24, 2.45) is 0 Å². The Morgan fingerprint density at radius 3 is 2.57 bits per heavy atom. The number of carbonyl (C=O) groups is 2. The monoisotopic (exact) mass is 493 g/mol. The molecule has 3 N–H and O–H groups in total. The van der Waals surface area contributed by atoms with Crippen molar-refractivity contribution in [2.75, 3.05) is 19.8 Å². The van der Waals surface area contributed by atoms with Gasteiger partial charge < -0.3 is 9.47 Å². The molecule has 0 atom stereocenters. The maximum atomic E-state index is 12.6. The molecule has 30 heavy (non-hydrogen) atoms. The first-order valence-corrected chi connectivity index (χ1v) is 10.6. The van der Waals surface area contributed by atoms with Crippen LogP contribution in [0, 0.1) is 0 Å². The molecule has 0 fully saturated rings. The average Bonchev–Trinajstić information content (AvgIpc) is 2.74. The van der Waals surface area contributed by atoms with Gasteiger partial charge >= 0.3 is 0 Å². The number of nitrogens with one attached hydrogen (secondary N) is 3. The van der Waals surface area contributed by atoms with Crippen LogP contribution in [0.3, 0.4) is 0 Å². The van der Waals surface area contributed by atoms with Gasteiger partial charge in [-0.1, -0.05) is 46.3 Å². The van der Waals surface area contributed by atoms with E-state index in [-0.39, 0.29) is 17.4 Å². The van der Waals surface area contributed by atoms with Gasteiger partial charge in [-0.2, -0.15) is 0 Å². The molecule has 160 valence electrons. The normalized spacial score (nSPS) is 10.2. The molecule has 7 nitrogen and oxygen atoms in total. The number of ether oxygens (including phenoxy) is 2. The molecule has 0 aliphatic rings. The number of hydrogen-bond acceptors (Lipinski definition) is 5. The van der Waals surface area contributed by atoms with Gasteiger partial charge in [0.15, 0.2) is 5.11 Å². The second kappa shape index (κ2) is 12.9. The molecular formula is C21H24BrN3O4S. The molecule has 2 aromatic rings. The number of rotatable bonds is 9. The van der Waals surface area contributed by atoms with Crippen LogP contribution in [0.15, 0.2) is 53.0 Å². The molecule has 0 spiro atoms. The summed E-state index contributed by atoms with van der Waals surface area (Å²) in [5.41, 5.74) is 6.38. The Kier molecular flexibility index (Phi) is 10.3. The molecule has 0 aromatic heterocycles. The molecule has 9 heteroatoms. The average molecular weight is 494 g/mol. The Balaban J connectivity index is 1.88. The van der Waals surface area contributed by atoms with Crippen molar-refractivity contribution in [1.29, 1.82) is 0 Å². The highest BCUT2D eigenvalue weighted by atomic mass is 79.9. The SMILES string of the molecule is CCOCCC(=O)NNC(=S)NC(=O)c1cc(Br)ccc1OCCc1ccccc1. The number of amides is 2. The van der Waals surface area contributed by atoms with Crippen molar-refractivity contribution in [3.63, 3.8) is 0 Å². The van der Waals surface area contributed by atoms with E-state index in [1.54, 1.807) is 18.2 Å². The first-order valence-electron chi connectivity index (χ1n) is 9.43. The minimum absolute atomic E-state index is 0.0278. The van der Waals surface area contributed by atoms with Crippen molar-refractivity contribution < 1.29 is 19.1 Å². The standard InChI is InChI=1S/C21H24BrN3O4S/c1-2-28-12-11-19(26)24-25-21(30)23-20(27)17-14-16(22)8-9-18(17)29-13-10-15-6-4-3-5-7-15/h3-9,14H,2,10-13H2,1H3,(H,24,26)(H2,23,25,27,30). The smallest absolute Gasteiger partial charge is 0.261 e. The van der Waals surface area contributed by atoms with Gasteiger partial charge in [-0.05, 0) is 42.9 Å². The Morgan fingerprint density at radius 2 is 1.83 bits per heavy atom. The number of carbonyl (C=O) groups excluding carboxylic acids is 2. The zero-order valence-corrected chi connectivity index (χ0v) is 19.0. The lowest BCUT2D eigenvalue weighted by molar-refractivity contribution is -0.122. The van der Waals surface area contributed by atoms with E-state index >= 15 is 0 Å². The van der Waals surface area contributed by atoms with Gasteiger partial charge in [0.2, 0.25) is 5.91 Å². The van der Waals surface area contributed by atoms with E-state index in [1.807, 2.05) is 37.3 Å². The number of hydrazine groups is 1. The van der Waals surface area contributed by atoms with Gasteiger partial charge in [0.05, 0.1) is 25.2 Å². The van der Waals surface area contributed by atoms with E-state index in [4.69, 9.17) is 21.7 Å². The Morgan fingerprint density at radius 1 is 1.07 bits per heavy atom. The molecule has 0 aliphatic heterocycles. The van der Waals surface area contributed by atoms with Crippen LogP contribution in [0.4, 0.5) is 0 Å². The van der Waals surface area contributed by atoms with Crippen LogP contribution in [0.2, 0.25) is 0 Å². The molecule has 2 rings (SSSR count). The molecular weight excluding hydrogens is 470 g/mol. The molecule has 0 unspecified atom stereocenters. The summed E-state index contributed by atoms with van der Waals surface area (Å²) in [5.74, 6) is -0.310. The number of benzene rings is 2. The third kappa shape index (κ3) is 8.48. The first kappa shape index (κ1) is 23.8. The topological polar surface area (TPSA) is 88.7 Å². The van der Waals surface area contributed by atoms with Gasteiger partial charge in [0.1, 0.15) is 5.75 Å². The fourth-order valence-electron chi connectivity index (χ4n) is 2.43. The summed E-state index contributed by atoms with van der Waals surface area (Å²) in [6.07, 6.45) is 0.897. The fourth-order valence-corrected chi connectivity index (χ4v) is 2.93. The fraction of sp³-hybridized carbons (Fsp3) is 0.286. The van der Waals surface area contributed by atoms with Crippen molar-refractivity contribution in [3.05, 3.63) is 64.1 Å². The molecule has 2 aromatic carbocycles. The number of thiocarbonyl (C=S) groups is 1. The predicted octanol–water partition coefficient (Wildman–Crippen LogP) is 3.13. The zero-order valence-electron chi connectivity index (χ0n) is 16.6. The van der Waals surface area contributed by atoms with E-state index in [9.17, 15) is 9.59 Å². The van der Waals surface area contributed by atoms with Crippen molar-refractivity contribution >= 4 is 45.1 Å². The van der Waals surface area contributed by atoms with Crippen LogP contribution in [0.5, 0.6) is 5.75 Å². The highest BCUT2D eigenvalue weighted by Gasteiger charge is 2.15. The second-order valence-electron chi connectivity index (χ2n) is 6.13. The Hall–Kier alpha value is -2.49. The lowest BCUT2D eigenvalue weighted by Gasteiger charge is -2.14. The summed E-state index contributed by atoms with van der Waals surface area (Å²) in [5, 5.41) is 2.50. The van der Waals surface area contributed by atoms with Crippen LogP contribution in [-0.4, -0.2) is 36.7 Å². The molecule has 0 radical (unpaired) electrons. The maximum absolute atomic E-state index is 12.6. The lowest BCUT2D eigenvalue weighted by atomic mass is 10.1. The van der Waals surface area contributed by atoms with Crippen molar-refractivity contribution in [1.82, 2.24) is 16.2 Å². The minimum Gasteiger partial charge on any atom is -0.492 e. The Bertz CT molecular complexity index is 865. The second-order valence-corrected chi connectivity index (χ2v) is 7.45. The van der Waals surface area contributed by atoms with Gasteiger partial charge in [0.25, 0.3) is 5.91 Å². The summed E-state index contributed by atoms with van der Waals surface area (Å²) in [4.78, 5) is 24.3. The Labute approximate surface area is 189 Å².